The summed E-state index contributed by atoms with van der Waals surface area (Å²) in [6.07, 6.45) is -4.47. The molecule has 1 nitrogen and oxygen atoms in total. The summed E-state index contributed by atoms with van der Waals surface area (Å²) in [5.41, 5.74) is 6.28. The van der Waals surface area contributed by atoms with Crippen LogP contribution in [0.15, 0.2) is 40.9 Å². The molecule has 0 fully saturated rings. The highest BCUT2D eigenvalue weighted by Crippen LogP contribution is 2.35. The van der Waals surface area contributed by atoms with Crippen molar-refractivity contribution in [2.45, 2.75) is 19.1 Å². The zero-order valence-corrected chi connectivity index (χ0v) is 12.6. The van der Waals surface area contributed by atoms with Gasteiger partial charge >= 0.3 is 6.18 Å². The maximum Gasteiger partial charge on any atom is 0.416 e. The normalized spacial score (nSPS) is 13.3. The zero-order valence-electron chi connectivity index (χ0n) is 11.0. The van der Waals surface area contributed by atoms with E-state index in [-0.39, 0.29) is 11.1 Å². The summed E-state index contributed by atoms with van der Waals surface area (Å²) in [5, 5.41) is 0. The van der Waals surface area contributed by atoms with Crippen molar-refractivity contribution in [2.75, 3.05) is 0 Å². The molecule has 0 saturated carbocycles. The lowest BCUT2D eigenvalue weighted by molar-refractivity contribution is -0.137. The van der Waals surface area contributed by atoms with Gasteiger partial charge in [-0.05, 0) is 36.8 Å². The van der Waals surface area contributed by atoms with Gasteiger partial charge in [0.15, 0.2) is 0 Å². The lowest BCUT2D eigenvalue weighted by atomic mass is 9.96. The molecule has 0 aliphatic carbocycles. The van der Waals surface area contributed by atoms with E-state index in [4.69, 9.17) is 5.73 Å². The second-order valence-electron chi connectivity index (χ2n) is 4.74. The number of hydrogen-bond acceptors (Lipinski definition) is 1. The van der Waals surface area contributed by atoms with Crippen molar-refractivity contribution in [3.05, 3.63) is 68.9 Å². The van der Waals surface area contributed by atoms with E-state index in [1.807, 2.05) is 0 Å². The third kappa shape index (κ3) is 3.44. The third-order valence-electron chi connectivity index (χ3n) is 3.14. The number of rotatable bonds is 2. The van der Waals surface area contributed by atoms with Crippen molar-refractivity contribution in [3.63, 3.8) is 0 Å². The van der Waals surface area contributed by atoms with Crippen molar-refractivity contribution in [3.8, 4) is 0 Å². The summed E-state index contributed by atoms with van der Waals surface area (Å²) in [7, 11) is 0. The van der Waals surface area contributed by atoms with Gasteiger partial charge in [-0.2, -0.15) is 13.2 Å². The first-order valence-corrected chi connectivity index (χ1v) is 6.87. The van der Waals surface area contributed by atoms with Gasteiger partial charge in [0.05, 0.1) is 11.6 Å². The Morgan fingerprint density at radius 1 is 1.05 bits per heavy atom. The van der Waals surface area contributed by atoms with E-state index < -0.39 is 23.6 Å². The van der Waals surface area contributed by atoms with Crippen molar-refractivity contribution < 1.29 is 17.6 Å². The van der Waals surface area contributed by atoms with Gasteiger partial charge in [-0.15, -0.1) is 0 Å². The predicted molar refractivity (Wildman–Crippen MR) is 76.3 cm³/mol. The molecule has 0 radical (unpaired) electrons. The van der Waals surface area contributed by atoms with Crippen molar-refractivity contribution in [1.29, 1.82) is 0 Å². The average molecular weight is 362 g/mol. The van der Waals surface area contributed by atoms with Crippen molar-refractivity contribution >= 4 is 15.9 Å². The summed E-state index contributed by atoms with van der Waals surface area (Å²) in [6, 6.07) is 6.54. The molecule has 2 N–H and O–H groups in total. The van der Waals surface area contributed by atoms with Gasteiger partial charge in [0.25, 0.3) is 0 Å². The average Bonchev–Trinajstić information content (AvgIpc) is 2.40. The zero-order chi connectivity index (χ0) is 15.8. The van der Waals surface area contributed by atoms with Crippen LogP contribution >= 0.6 is 15.9 Å². The molecule has 112 valence electrons. The van der Waals surface area contributed by atoms with Crippen LogP contribution in [-0.2, 0) is 6.18 Å². The first-order chi connectivity index (χ1) is 9.70. The first-order valence-electron chi connectivity index (χ1n) is 6.08. The highest BCUT2D eigenvalue weighted by molar-refractivity contribution is 9.10. The van der Waals surface area contributed by atoms with E-state index >= 15 is 0 Å². The summed E-state index contributed by atoms with van der Waals surface area (Å²) in [4.78, 5) is 0. The molecule has 0 heterocycles. The molecular weight excluding hydrogens is 350 g/mol. The fraction of sp³-hybridized carbons (Fsp3) is 0.200. The molecule has 2 rings (SSSR count). The van der Waals surface area contributed by atoms with Crippen LogP contribution in [0, 0.1) is 12.7 Å². The number of benzene rings is 2. The summed E-state index contributed by atoms with van der Waals surface area (Å²) >= 11 is 3.17. The van der Waals surface area contributed by atoms with Crippen LogP contribution < -0.4 is 5.73 Å². The third-order valence-corrected chi connectivity index (χ3v) is 3.87. The van der Waals surface area contributed by atoms with Crippen LogP contribution in [0.2, 0.25) is 0 Å². The summed E-state index contributed by atoms with van der Waals surface area (Å²) in [5.74, 6) is -0.544. The predicted octanol–water partition coefficient (Wildman–Crippen LogP) is 4.96. The minimum Gasteiger partial charge on any atom is -0.320 e. The van der Waals surface area contributed by atoms with Gasteiger partial charge in [0, 0.05) is 10.0 Å². The highest BCUT2D eigenvalue weighted by Gasteiger charge is 2.31. The van der Waals surface area contributed by atoms with Gasteiger partial charge in [-0.1, -0.05) is 33.6 Å². The fourth-order valence-corrected chi connectivity index (χ4v) is 2.52. The minimum atomic E-state index is -4.47. The lowest BCUT2D eigenvalue weighted by Gasteiger charge is -2.18. The van der Waals surface area contributed by atoms with Gasteiger partial charge in [-0.25, -0.2) is 4.39 Å². The Labute approximate surface area is 127 Å². The number of alkyl halides is 3. The van der Waals surface area contributed by atoms with Crippen molar-refractivity contribution in [1.82, 2.24) is 0 Å². The Kier molecular flexibility index (Phi) is 4.39. The van der Waals surface area contributed by atoms with Crippen LogP contribution in [0.1, 0.15) is 28.3 Å². The standard InChI is InChI=1S/C15H12BrF4N/c1-8-2-5-13(17)11(6-8)14(21)10-7-9(15(18,19)20)3-4-12(10)16/h2-7,14H,21H2,1H3. The van der Waals surface area contributed by atoms with E-state index in [0.29, 0.717) is 4.47 Å². The molecule has 0 aliphatic heterocycles. The Morgan fingerprint density at radius 3 is 2.33 bits per heavy atom. The maximum atomic E-state index is 13.9. The van der Waals surface area contributed by atoms with Gasteiger partial charge in [0.2, 0.25) is 0 Å². The monoisotopic (exact) mass is 361 g/mol. The van der Waals surface area contributed by atoms with E-state index in [1.165, 1.54) is 18.2 Å². The van der Waals surface area contributed by atoms with Crippen LogP contribution in [0.3, 0.4) is 0 Å². The fourth-order valence-electron chi connectivity index (χ4n) is 2.03. The molecule has 0 amide bonds. The van der Waals surface area contributed by atoms with E-state index in [0.717, 1.165) is 17.7 Å². The number of hydrogen-bond donors (Lipinski definition) is 1. The quantitative estimate of drug-likeness (QED) is 0.751. The number of halogens is 5. The molecule has 2 aromatic rings. The van der Waals surface area contributed by atoms with Crippen molar-refractivity contribution in [2.24, 2.45) is 5.73 Å². The van der Waals surface area contributed by atoms with Crippen LogP contribution in [0.5, 0.6) is 0 Å². The van der Waals surface area contributed by atoms with Gasteiger partial charge in [-0.3, -0.25) is 0 Å². The SMILES string of the molecule is Cc1ccc(F)c(C(N)c2cc(C(F)(F)F)ccc2Br)c1. The maximum absolute atomic E-state index is 13.9. The smallest absolute Gasteiger partial charge is 0.320 e. The van der Waals surface area contributed by atoms with Crippen LogP contribution in [0.4, 0.5) is 17.6 Å². The Morgan fingerprint density at radius 2 is 1.71 bits per heavy atom. The van der Waals surface area contributed by atoms with E-state index in [2.05, 4.69) is 15.9 Å². The second-order valence-corrected chi connectivity index (χ2v) is 5.59. The molecule has 1 unspecified atom stereocenters. The van der Waals surface area contributed by atoms with Gasteiger partial charge < -0.3 is 5.73 Å². The number of aryl methyl sites for hydroxylation is 1. The Balaban J connectivity index is 2.52. The highest BCUT2D eigenvalue weighted by atomic mass is 79.9. The molecule has 2 aromatic carbocycles. The second kappa shape index (κ2) is 5.77. The molecule has 0 aliphatic rings. The van der Waals surface area contributed by atoms with Crippen LogP contribution in [0.25, 0.3) is 0 Å². The lowest BCUT2D eigenvalue weighted by Crippen LogP contribution is -2.16. The molecular formula is C15H12BrF4N. The molecule has 0 saturated heterocycles. The Hall–Kier alpha value is -1.40. The topological polar surface area (TPSA) is 26.0 Å². The molecule has 6 heteroatoms. The molecule has 0 aromatic heterocycles. The largest absolute Gasteiger partial charge is 0.416 e. The van der Waals surface area contributed by atoms with E-state index in [9.17, 15) is 17.6 Å². The molecule has 0 bridgehead atoms. The molecule has 1 atom stereocenters. The number of nitrogens with two attached hydrogens (primary N) is 1. The minimum absolute atomic E-state index is 0.162. The summed E-state index contributed by atoms with van der Waals surface area (Å²) < 4.78 is 52.6. The first kappa shape index (κ1) is 16.0. The van der Waals surface area contributed by atoms with Crippen LogP contribution in [-0.4, -0.2) is 0 Å². The van der Waals surface area contributed by atoms with E-state index in [1.54, 1.807) is 13.0 Å². The molecule has 21 heavy (non-hydrogen) atoms. The molecule has 0 spiro atoms. The summed E-state index contributed by atoms with van der Waals surface area (Å²) in [6.45, 7) is 1.76. The Bertz CT molecular complexity index is 667. The van der Waals surface area contributed by atoms with Gasteiger partial charge in [0.1, 0.15) is 5.82 Å².